The summed E-state index contributed by atoms with van der Waals surface area (Å²) in [6.45, 7) is 12.4. The molecule has 0 N–H and O–H groups in total. The fourth-order valence-corrected chi connectivity index (χ4v) is 6.44. The fraction of sp³-hybridized carbons (Fsp3) is 0.414. The van der Waals surface area contributed by atoms with E-state index in [1.165, 1.54) is 11.8 Å². The molecule has 1 aliphatic rings. The van der Waals surface area contributed by atoms with Crippen molar-refractivity contribution >= 4 is 31.5 Å². The first-order valence-corrected chi connectivity index (χ1v) is 17.2. The van der Waals surface area contributed by atoms with Crippen LogP contribution in [0.15, 0.2) is 65.2 Å². The maximum atomic E-state index is 13.1. The number of hydrogen-bond acceptors (Lipinski definition) is 7. The number of carbonyl (C=O) groups excluding carboxylic acids is 1. The van der Waals surface area contributed by atoms with Crippen molar-refractivity contribution in [2.24, 2.45) is 0 Å². The maximum Gasteiger partial charge on any atom is 0.247 e. The molecule has 5 rings (SSSR count). The molecule has 11 heteroatoms. The highest BCUT2D eigenvalue weighted by atomic mass is 32.2. The molecule has 0 saturated carbocycles. The number of nitriles is 1. The number of fused-ring (bicyclic) bond motifs is 1. The van der Waals surface area contributed by atoms with Gasteiger partial charge in [-0.25, -0.2) is 9.50 Å². The molecule has 0 aliphatic carbocycles. The average Bonchev–Trinajstić information content (AvgIpc) is 3.59. The Bertz CT molecular complexity index is 1550. The molecule has 9 nitrogen and oxygen atoms in total. The molecule has 1 fully saturated rings. The van der Waals surface area contributed by atoms with Gasteiger partial charge in [0.1, 0.15) is 17.7 Å². The van der Waals surface area contributed by atoms with Crippen LogP contribution in [0.5, 0.6) is 0 Å². The molecule has 0 spiro atoms. The summed E-state index contributed by atoms with van der Waals surface area (Å²) in [5.74, 6) is 0.0514. The van der Waals surface area contributed by atoms with Gasteiger partial charge >= 0.3 is 0 Å². The van der Waals surface area contributed by atoms with Gasteiger partial charge in [-0.05, 0) is 49.2 Å². The Kier molecular flexibility index (Phi) is 7.86. The highest BCUT2D eigenvalue weighted by molar-refractivity contribution is 7.99. The Morgan fingerprint density at radius 2 is 2.02 bits per heavy atom. The molecule has 208 valence electrons. The second kappa shape index (κ2) is 11.2. The first-order valence-electron chi connectivity index (χ1n) is 13.5. The molecule has 5 heterocycles. The number of amides is 1. The minimum Gasteiger partial charge on any atom is -0.408 e. The number of piperidine rings is 1. The molecule has 1 aliphatic heterocycles. The van der Waals surface area contributed by atoms with Crippen LogP contribution >= 0.6 is 11.8 Å². The summed E-state index contributed by atoms with van der Waals surface area (Å²) in [4.78, 5) is 20.3. The number of nitrogens with zero attached hydrogens (tertiary/aromatic N) is 7. The van der Waals surface area contributed by atoms with E-state index in [0.29, 0.717) is 12.1 Å². The molecule has 0 unspecified atom stereocenters. The van der Waals surface area contributed by atoms with Crippen molar-refractivity contribution in [2.75, 3.05) is 19.7 Å². The molecular weight excluding hydrogens is 539 g/mol. The first kappa shape index (κ1) is 28.1. The van der Waals surface area contributed by atoms with Crippen molar-refractivity contribution in [3.8, 4) is 17.2 Å². The summed E-state index contributed by atoms with van der Waals surface area (Å²) >= 11 is 1.50. The van der Waals surface area contributed by atoms with E-state index in [2.05, 4.69) is 56.1 Å². The van der Waals surface area contributed by atoms with Crippen LogP contribution in [0, 0.1) is 11.3 Å². The van der Waals surface area contributed by atoms with E-state index in [4.69, 9.17) is 9.52 Å². The third kappa shape index (κ3) is 5.84. The molecule has 1 amide bonds. The van der Waals surface area contributed by atoms with Gasteiger partial charge in [0.05, 0.1) is 29.5 Å². The van der Waals surface area contributed by atoms with E-state index in [9.17, 15) is 10.1 Å². The summed E-state index contributed by atoms with van der Waals surface area (Å²) in [6.07, 6.45) is 11.0. The van der Waals surface area contributed by atoms with Crippen molar-refractivity contribution in [2.45, 2.75) is 67.7 Å². The highest BCUT2D eigenvalue weighted by Crippen LogP contribution is 2.37. The Morgan fingerprint density at radius 1 is 1.20 bits per heavy atom. The van der Waals surface area contributed by atoms with E-state index in [1.54, 1.807) is 16.9 Å². The Hall–Kier alpha value is -3.46. The predicted octanol–water partition coefficient (Wildman–Crippen LogP) is 5.80. The normalized spacial score (nSPS) is 16.3. The van der Waals surface area contributed by atoms with Crippen LogP contribution in [-0.4, -0.2) is 63.2 Å². The number of hydrogen-bond donors (Lipinski definition) is 0. The van der Waals surface area contributed by atoms with Crippen molar-refractivity contribution in [3.05, 3.63) is 60.8 Å². The van der Waals surface area contributed by atoms with E-state index in [-0.39, 0.29) is 23.6 Å². The van der Waals surface area contributed by atoms with Gasteiger partial charge in [0.15, 0.2) is 8.32 Å². The molecule has 4 aromatic rings. The Morgan fingerprint density at radius 3 is 2.75 bits per heavy atom. The van der Waals surface area contributed by atoms with E-state index in [0.717, 1.165) is 46.0 Å². The van der Waals surface area contributed by atoms with Crippen molar-refractivity contribution in [1.82, 2.24) is 29.3 Å². The van der Waals surface area contributed by atoms with Gasteiger partial charge in [0.2, 0.25) is 5.91 Å². The standard InChI is InChI=1S/C29H35N7O2SSi/c1-29(2,3)40(4,5)38-20-27(37)34-12-8-9-24(19-34)35-18-23(16-32-35)21-13-25(39-26-10-6-7-11-31-26)28-22(14-30)15-33-36(28)17-21/h6-7,10-11,13,15-18,24H,8-9,12,19-20H2,1-5H3/t24-/m0/s1. The van der Waals surface area contributed by atoms with E-state index in [1.807, 2.05) is 46.4 Å². The maximum absolute atomic E-state index is 13.1. The van der Waals surface area contributed by atoms with Crippen LogP contribution < -0.4 is 0 Å². The Balaban J connectivity index is 1.35. The van der Waals surface area contributed by atoms with Crippen LogP contribution in [0.3, 0.4) is 0 Å². The largest absolute Gasteiger partial charge is 0.408 e. The molecule has 1 atom stereocenters. The SMILES string of the molecule is CC(C)(C)[Si](C)(C)OCC(=O)N1CCC[C@H](n2cc(-c3cc(Sc4ccccn4)c4c(C#N)cnn4c3)cn2)C1. The highest BCUT2D eigenvalue weighted by Gasteiger charge is 2.38. The van der Waals surface area contributed by atoms with Gasteiger partial charge < -0.3 is 9.33 Å². The predicted molar refractivity (Wildman–Crippen MR) is 157 cm³/mol. The van der Waals surface area contributed by atoms with Crippen LogP contribution in [0.4, 0.5) is 0 Å². The number of rotatable bonds is 7. The molecule has 0 radical (unpaired) electrons. The van der Waals surface area contributed by atoms with Gasteiger partial charge in [-0.1, -0.05) is 38.6 Å². The lowest BCUT2D eigenvalue weighted by Gasteiger charge is -2.37. The van der Waals surface area contributed by atoms with Crippen LogP contribution in [0.25, 0.3) is 16.6 Å². The average molecular weight is 574 g/mol. The second-order valence-corrected chi connectivity index (χ2v) is 17.6. The number of likely N-dealkylation sites (tertiary alicyclic amines) is 1. The lowest BCUT2D eigenvalue weighted by molar-refractivity contribution is -0.135. The summed E-state index contributed by atoms with van der Waals surface area (Å²) < 4.78 is 9.93. The van der Waals surface area contributed by atoms with Crippen molar-refractivity contribution in [3.63, 3.8) is 0 Å². The minimum absolute atomic E-state index is 0.0514. The smallest absolute Gasteiger partial charge is 0.247 e. The fourth-order valence-electron chi connectivity index (χ4n) is 4.56. The van der Waals surface area contributed by atoms with Gasteiger partial charge in [0.25, 0.3) is 0 Å². The molecule has 4 aromatic heterocycles. The summed E-state index contributed by atoms with van der Waals surface area (Å²) in [5, 5.41) is 19.7. The molecular formula is C29H35N7O2SSi. The van der Waals surface area contributed by atoms with Gasteiger partial charge in [-0.15, -0.1) is 0 Å². The summed E-state index contributed by atoms with van der Waals surface area (Å²) in [6, 6.07) is 10.2. The molecule has 0 bridgehead atoms. The second-order valence-electron chi connectivity index (χ2n) is 11.7. The van der Waals surface area contributed by atoms with Gasteiger partial charge in [-0.3, -0.25) is 9.48 Å². The van der Waals surface area contributed by atoms with Gasteiger partial charge in [-0.2, -0.15) is 15.5 Å². The number of carbonyl (C=O) groups is 1. The number of pyridine rings is 2. The minimum atomic E-state index is -1.99. The van der Waals surface area contributed by atoms with Crippen LogP contribution in [-0.2, 0) is 9.22 Å². The monoisotopic (exact) mass is 573 g/mol. The third-order valence-corrected chi connectivity index (χ3v) is 13.4. The summed E-state index contributed by atoms with van der Waals surface area (Å²) in [7, 11) is -1.99. The summed E-state index contributed by atoms with van der Waals surface area (Å²) in [5.41, 5.74) is 3.17. The van der Waals surface area contributed by atoms with E-state index < -0.39 is 8.32 Å². The van der Waals surface area contributed by atoms with Crippen molar-refractivity contribution in [1.29, 1.82) is 5.26 Å². The number of aromatic nitrogens is 5. The quantitative estimate of drug-likeness (QED) is 0.258. The first-order chi connectivity index (χ1) is 19.1. The lowest BCUT2D eigenvalue weighted by atomic mass is 10.1. The zero-order valence-corrected chi connectivity index (χ0v) is 25.5. The van der Waals surface area contributed by atoms with Crippen LogP contribution in [0.2, 0.25) is 18.1 Å². The van der Waals surface area contributed by atoms with E-state index >= 15 is 0 Å². The molecule has 40 heavy (non-hydrogen) atoms. The van der Waals surface area contributed by atoms with Gasteiger partial charge in [0, 0.05) is 47.7 Å². The Labute approximate surface area is 240 Å². The zero-order valence-electron chi connectivity index (χ0n) is 23.7. The van der Waals surface area contributed by atoms with Crippen LogP contribution in [0.1, 0.15) is 45.2 Å². The zero-order chi connectivity index (χ0) is 28.5. The molecule has 1 saturated heterocycles. The molecule has 0 aromatic carbocycles. The topological polar surface area (TPSA) is 101 Å². The third-order valence-electron chi connectivity index (χ3n) is 7.97. The van der Waals surface area contributed by atoms with Crippen molar-refractivity contribution < 1.29 is 9.22 Å². The lowest BCUT2D eigenvalue weighted by Crippen LogP contribution is -2.47.